The molecule has 2 rings (SSSR count). The highest BCUT2D eigenvalue weighted by molar-refractivity contribution is 9.10. The molecule has 1 atom stereocenters. The maximum atomic E-state index is 6.21. The highest BCUT2D eigenvalue weighted by atomic mass is 79.9. The fourth-order valence-electron chi connectivity index (χ4n) is 2.31. The number of hydrogen-bond acceptors (Lipinski definition) is 2. The standard InChI is InChI=1S/C15H18Br2ClN3/c1-3-5-19-14(10-6-11(16)8-12(18)7-10)15-13(17)9-20-21(15)4-2/h6-9,14,19H,3-5H2,1-2H3. The molecule has 0 spiro atoms. The van der Waals surface area contributed by atoms with Gasteiger partial charge in [-0.3, -0.25) is 4.68 Å². The third kappa shape index (κ3) is 4.09. The van der Waals surface area contributed by atoms with Crippen LogP contribution >= 0.6 is 43.5 Å². The number of aromatic nitrogens is 2. The Balaban J connectivity index is 2.49. The van der Waals surface area contributed by atoms with E-state index in [-0.39, 0.29) is 6.04 Å². The van der Waals surface area contributed by atoms with Gasteiger partial charge in [-0.05, 0) is 59.6 Å². The molecule has 1 unspecified atom stereocenters. The van der Waals surface area contributed by atoms with Gasteiger partial charge in [0.05, 0.1) is 22.4 Å². The fraction of sp³-hybridized carbons (Fsp3) is 0.400. The predicted molar refractivity (Wildman–Crippen MR) is 94.9 cm³/mol. The van der Waals surface area contributed by atoms with Crippen molar-refractivity contribution in [3.63, 3.8) is 0 Å². The molecule has 6 heteroatoms. The summed E-state index contributed by atoms with van der Waals surface area (Å²) in [6.07, 6.45) is 2.91. The van der Waals surface area contributed by atoms with Gasteiger partial charge in [0.15, 0.2) is 0 Å². The van der Waals surface area contributed by atoms with Crippen LogP contribution in [0, 0.1) is 0 Å². The molecule has 0 radical (unpaired) electrons. The molecule has 1 N–H and O–H groups in total. The van der Waals surface area contributed by atoms with Crippen LogP contribution in [0.3, 0.4) is 0 Å². The minimum atomic E-state index is 0.0526. The first kappa shape index (κ1) is 17.0. The van der Waals surface area contributed by atoms with Crippen molar-refractivity contribution in [3.05, 3.63) is 49.6 Å². The number of benzene rings is 1. The Morgan fingerprint density at radius 3 is 2.67 bits per heavy atom. The summed E-state index contributed by atoms with van der Waals surface area (Å²) in [5.41, 5.74) is 2.25. The van der Waals surface area contributed by atoms with Crippen LogP contribution in [0.4, 0.5) is 0 Å². The largest absolute Gasteiger partial charge is 0.305 e. The molecule has 1 aromatic carbocycles. The van der Waals surface area contributed by atoms with E-state index in [1.807, 2.05) is 23.0 Å². The lowest BCUT2D eigenvalue weighted by molar-refractivity contribution is 0.528. The minimum Gasteiger partial charge on any atom is -0.305 e. The topological polar surface area (TPSA) is 29.9 Å². The summed E-state index contributed by atoms with van der Waals surface area (Å²) >= 11 is 13.3. The van der Waals surface area contributed by atoms with Gasteiger partial charge in [-0.1, -0.05) is 34.5 Å². The zero-order chi connectivity index (χ0) is 15.4. The van der Waals surface area contributed by atoms with Crippen molar-refractivity contribution in [2.45, 2.75) is 32.9 Å². The van der Waals surface area contributed by atoms with E-state index in [0.717, 1.165) is 44.7 Å². The number of halogens is 3. The highest BCUT2D eigenvalue weighted by Gasteiger charge is 2.21. The van der Waals surface area contributed by atoms with Crippen molar-refractivity contribution in [1.82, 2.24) is 15.1 Å². The normalized spacial score (nSPS) is 12.6. The fourth-order valence-corrected chi connectivity index (χ4v) is 3.73. The highest BCUT2D eigenvalue weighted by Crippen LogP contribution is 2.32. The summed E-state index contributed by atoms with van der Waals surface area (Å²) < 4.78 is 3.99. The maximum absolute atomic E-state index is 6.21. The van der Waals surface area contributed by atoms with Gasteiger partial charge in [-0.25, -0.2) is 0 Å². The van der Waals surface area contributed by atoms with Gasteiger partial charge < -0.3 is 5.32 Å². The molecular weight excluding hydrogens is 417 g/mol. The minimum absolute atomic E-state index is 0.0526. The van der Waals surface area contributed by atoms with Crippen LogP contribution in [-0.2, 0) is 6.54 Å². The SMILES string of the molecule is CCCNC(c1cc(Cl)cc(Br)c1)c1c(Br)cnn1CC. The van der Waals surface area contributed by atoms with E-state index in [4.69, 9.17) is 11.6 Å². The van der Waals surface area contributed by atoms with Crippen LogP contribution < -0.4 is 5.32 Å². The molecule has 2 aromatic rings. The summed E-state index contributed by atoms with van der Waals surface area (Å²) in [7, 11) is 0. The Kier molecular flexibility index (Phi) is 6.29. The molecule has 21 heavy (non-hydrogen) atoms. The predicted octanol–water partition coefficient (Wildman–Crippen LogP) is 5.17. The average Bonchev–Trinajstić information content (AvgIpc) is 2.80. The van der Waals surface area contributed by atoms with Crippen LogP contribution in [0.5, 0.6) is 0 Å². The molecule has 0 aliphatic heterocycles. The van der Waals surface area contributed by atoms with Gasteiger partial charge >= 0.3 is 0 Å². The Morgan fingerprint density at radius 1 is 1.29 bits per heavy atom. The van der Waals surface area contributed by atoms with Crippen LogP contribution in [0.2, 0.25) is 5.02 Å². The number of rotatable bonds is 6. The van der Waals surface area contributed by atoms with Crippen LogP contribution in [0.25, 0.3) is 0 Å². The molecular formula is C15H18Br2ClN3. The van der Waals surface area contributed by atoms with Crippen molar-refractivity contribution >= 4 is 43.5 Å². The molecule has 1 heterocycles. The van der Waals surface area contributed by atoms with Crippen LogP contribution in [0.1, 0.15) is 37.6 Å². The smallest absolute Gasteiger partial charge is 0.0760 e. The average molecular weight is 436 g/mol. The zero-order valence-corrected chi connectivity index (χ0v) is 16.0. The molecule has 114 valence electrons. The van der Waals surface area contributed by atoms with Crippen molar-refractivity contribution in [2.24, 2.45) is 0 Å². The Morgan fingerprint density at radius 2 is 2.05 bits per heavy atom. The van der Waals surface area contributed by atoms with Gasteiger partial charge in [0.2, 0.25) is 0 Å². The van der Waals surface area contributed by atoms with E-state index in [1.165, 1.54) is 0 Å². The van der Waals surface area contributed by atoms with E-state index in [2.05, 4.69) is 62.2 Å². The summed E-state index contributed by atoms with van der Waals surface area (Å²) in [6.45, 7) is 6.00. The molecule has 1 aromatic heterocycles. The molecule has 0 saturated heterocycles. The first-order chi connectivity index (χ1) is 10.1. The quantitative estimate of drug-likeness (QED) is 0.678. The molecule has 0 aliphatic rings. The summed E-state index contributed by atoms with van der Waals surface area (Å²) in [6, 6.07) is 6.04. The van der Waals surface area contributed by atoms with Gasteiger partial charge in [-0.2, -0.15) is 5.10 Å². The first-order valence-electron chi connectivity index (χ1n) is 6.97. The summed E-state index contributed by atoms with van der Waals surface area (Å²) in [4.78, 5) is 0. The number of hydrogen-bond donors (Lipinski definition) is 1. The van der Waals surface area contributed by atoms with Crippen molar-refractivity contribution < 1.29 is 0 Å². The van der Waals surface area contributed by atoms with E-state index in [0.29, 0.717) is 0 Å². The number of nitrogens with zero attached hydrogens (tertiary/aromatic N) is 2. The third-order valence-electron chi connectivity index (χ3n) is 3.22. The lowest BCUT2D eigenvalue weighted by atomic mass is 10.0. The van der Waals surface area contributed by atoms with Gasteiger partial charge in [0.1, 0.15) is 0 Å². The van der Waals surface area contributed by atoms with Gasteiger partial charge in [0, 0.05) is 16.0 Å². The molecule has 3 nitrogen and oxygen atoms in total. The Hall–Kier alpha value is -0.360. The van der Waals surface area contributed by atoms with Crippen LogP contribution in [0.15, 0.2) is 33.3 Å². The zero-order valence-electron chi connectivity index (χ0n) is 12.0. The molecule has 0 saturated carbocycles. The maximum Gasteiger partial charge on any atom is 0.0760 e. The van der Waals surface area contributed by atoms with E-state index < -0.39 is 0 Å². The second-order valence-corrected chi connectivity index (χ2v) is 6.99. The van der Waals surface area contributed by atoms with E-state index in [9.17, 15) is 0 Å². The van der Waals surface area contributed by atoms with Gasteiger partial charge in [0.25, 0.3) is 0 Å². The molecule has 0 bridgehead atoms. The molecule has 0 amide bonds. The van der Waals surface area contributed by atoms with Gasteiger partial charge in [-0.15, -0.1) is 0 Å². The Bertz CT molecular complexity index is 593. The van der Waals surface area contributed by atoms with Crippen molar-refractivity contribution in [2.75, 3.05) is 6.54 Å². The first-order valence-corrected chi connectivity index (χ1v) is 8.93. The summed E-state index contributed by atoms with van der Waals surface area (Å²) in [5, 5.41) is 8.73. The van der Waals surface area contributed by atoms with Crippen molar-refractivity contribution in [3.8, 4) is 0 Å². The Labute approximate surface area is 147 Å². The summed E-state index contributed by atoms with van der Waals surface area (Å²) in [5.74, 6) is 0. The number of aryl methyl sites for hydroxylation is 1. The molecule has 0 aliphatic carbocycles. The monoisotopic (exact) mass is 433 g/mol. The lowest BCUT2D eigenvalue weighted by Gasteiger charge is -2.21. The second kappa shape index (κ2) is 7.77. The van der Waals surface area contributed by atoms with Crippen molar-refractivity contribution in [1.29, 1.82) is 0 Å². The van der Waals surface area contributed by atoms with E-state index in [1.54, 1.807) is 0 Å². The van der Waals surface area contributed by atoms with E-state index >= 15 is 0 Å². The number of nitrogens with one attached hydrogen (secondary N) is 1. The third-order valence-corrected chi connectivity index (χ3v) is 4.51. The lowest BCUT2D eigenvalue weighted by Crippen LogP contribution is -2.26. The van der Waals surface area contributed by atoms with Crippen LogP contribution in [-0.4, -0.2) is 16.3 Å². The second-order valence-electron chi connectivity index (χ2n) is 4.78. The molecule has 0 fully saturated rings.